The number of rotatable bonds is 7. The maximum absolute atomic E-state index is 12.2. The Hall–Kier alpha value is -3.09. The minimum atomic E-state index is -0.169. The second-order valence-electron chi connectivity index (χ2n) is 6.50. The zero-order valence-corrected chi connectivity index (χ0v) is 17.4. The van der Waals surface area contributed by atoms with E-state index in [-0.39, 0.29) is 17.6 Å². The Balaban J connectivity index is 1.46. The first kappa shape index (κ1) is 20.2. The maximum Gasteiger partial charge on any atom is 0.277 e. The topological polar surface area (TPSA) is 68.0 Å². The van der Waals surface area contributed by atoms with E-state index >= 15 is 0 Å². The molecule has 0 saturated heterocycles. The molecule has 0 unspecified atom stereocenters. The van der Waals surface area contributed by atoms with Crippen LogP contribution >= 0.6 is 23.4 Å². The molecule has 0 aliphatic rings. The molecule has 0 saturated carbocycles. The van der Waals surface area contributed by atoms with Crippen LogP contribution < -0.4 is 5.32 Å². The fraction of sp³-hybridized carbons (Fsp3) is 0.0870. The zero-order chi connectivity index (χ0) is 20.8. The number of hydrogen-bond donors (Lipinski definition) is 1. The second-order valence-corrected chi connectivity index (χ2v) is 7.87. The van der Waals surface area contributed by atoms with Crippen LogP contribution in [0.15, 0.2) is 94.6 Å². The van der Waals surface area contributed by atoms with Crippen molar-refractivity contribution in [2.45, 2.75) is 11.1 Å². The van der Waals surface area contributed by atoms with Gasteiger partial charge in [0.25, 0.3) is 5.22 Å². The van der Waals surface area contributed by atoms with Gasteiger partial charge in [0.15, 0.2) is 0 Å². The highest BCUT2D eigenvalue weighted by Crippen LogP contribution is 2.32. The average molecular weight is 436 g/mol. The highest BCUT2D eigenvalue weighted by atomic mass is 35.5. The number of halogens is 1. The van der Waals surface area contributed by atoms with E-state index in [1.54, 1.807) is 24.3 Å². The van der Waals surface area contributed by atoms with Crippen molar-refractivity contribution in [2.24, 2.45) is 0 Å². The molecule has 0 radical (unpaired) electrons. The summed E-state index contributed by atoms with van der Waals surface area (Å²) in [4.78, 5) is 12.2. The monoisotopic (exact) mass is 435 g/mol. The summed E-state index contributed by atoms with van der Waals surface area (Å²) in [5.41, 5.74) is 2.80. The fourth-order valence-electron chi connectivity index (χ4n) is 3.02. The molecule has 4 aromatic rings. The van der Waals surface area contributed by atoms with Gasteiger partial charge in [-0.3, -0.25) is 4.79 Å². The highest BCUT2D eigenvalue weighted by molar-refractivity contribution is 7.99. The van der Waals surface area contributed by atoms with Crippen LogP contribution in [0.3, 0.4) is 0 Å². The van der Waals surface area contributed by atoms with Gasteiger partial charge in [-0.25, -0.2) is 0 Å². The van der Waals surface area contributed by atoms with E-state index in [2.05, 4.69) is 15.5 Å². The quantitative estimate of drug-likeness (QED) is 0.381. The molecule has 0 fully saturated rings. The molecule has 1 N–H and O–H groups in total. The highest BCUT2D eigenvalue weighted by Gasteiger charge is 2.23. The molecule has 1 amide bonds. The van der Waals surface area contributed by atoms with E-state index in [1.807, 2.05) is 60.7 Å². The molecule has 1 heterocycles. The summed E-state index contributed by atoms with van der Waals surface area (Å²) in [7, 11) is 0. The van der Waals surface area contributed by atoms with Crippen LogP contribution in [0.4, 0.5) is 5.69 Å². The summed E-state index contributed by atoms with van der Waals surface area (Å²) in [5.74, 6) is 0.320. The first-order valence-electron chi connectivity index (χ1n) is 9.30. The Labute approximate surface area is 183 Å². The fourth-order valence-corrected chi connectivity index (χ4v) is 3.72. The Morgan fingerprint density at radius 1 is 0.900 bits per heavy atom. The molecule has 1 aromatic heterocycles. The number of benzene rings is 3. The summed E-state index contributed by atoms with van der Waals surface area (Å²) < 4.78 is 5.91. The Morgan fingerprint density at radius 3 is 2.10 bits per heavy atom. The van der Waals surface area contributed by atoms with Crippen molar-refractivity contribution in [3.8, 4) is 0 Å². The van der Waals surface area contributed by atoms with Gasteiger partial charge >= 0.3 is 0 Å². The lowest BCUT2D eigenvalue weighted by Gasteiger charge is -2.13. The van der Waals surface area contributed by atoms with Crippen LogP contribution in [0.5, 0.6) is 0 Å². The average Bonchev–Trinajstić information content (AvgIpc) is 3.24. The molecule has 7 heteroatoms. The van der Waals surface area contributed by atoms with Gasteiger partial charge in [0.1, 0.15) is 0 Å². The lowest BCUT2D eigenvalue weighted by molar-refractivity contribution is -0.113. The van der Waals surface area contributed by atoms with Crippen LogP contribution in [0.2, 0.25) is 5.02 Å². The third-order valence-electron chi connectivity index (χ3n) is 4.39. The third kappa shape index (κ3) is 5.09. The number of carbonyl (C=O) groups excluding carboxylic acids is 1. The van der Waals surface area contributed by atoms with Crippen LogP contribution in [-0.4, -0.2) is 21.9 Å². The molecule has 0 aliphatic carbocycles. The molecule has 150 valence electrons. The molecular weight excluding hydrogens is 418 g/mol. The van der Waals surface area contributed by atoms with Gasteiger partial charge in [0.05, 0.1) is 11.7 Å². The Morgan fingerprint density at radius 2 is 1.50 bits per heavy atom. The number of hydrogen-bond acceptors (Lipinski definition) is 5. The van der Waals surface area contributed by atoms with E-state index in [9.17, 15) is 4.79 Å². The number of aromatic nitrogens is 2. The third-order valence-corrected chi connectivity index (χ3v) is 5.46. The van der Waals surface area contributed by atoms with Crippen LogP contribution in [0, 0.1) is 0 Å². The van der Waals surface area contributed by atoms with Crippen LogP contribution in [0.25, 0.3) is 0 Å². The van der Waals surface area contributed by atoms with Gasteiger partial charge in [-0.1, -0.05) is 84.0 Å². The van der Waals surface area contributed by atoms with E-state index < -0.39 is 0 Å². The van der Waals surface area contributed by atoms with Crippen molar-refractivity contribution < 1.29 is 9.21 Å². The molecule has 0 spiro atoms. The second kappa shape index (κ2) is 9.61. The molecule has 30 heavy (non-hydrogen) atoms. The van der Waals surface area contributed by atoms with Crippen molar-refractivity contribution in [2.75, 3.05) is 11.1 Å². The van der Waals surface area contributed by atoms with Crippen LogP contribution in [-0.2, 0) is 4.79 Å². The van der Waals surface area contributed by atoms with E-state index in [0.29, 0.717) is 21.8 Å². The number of nitrogens with zero attached hydrogens (tertiary/aromatic N) is 2. The number of carbonyl (C=O) groups is 1. The van der Waals surface area contributed by atoms with Crippen molar-refractivity contribution >= 4 is 35.0 Å². The summed E-state index contributed by atoms with van der Waals surface area (Å²) in [6.07, 6.45) is 0. The molecule has 0 aliphatic heterocycles. The predicted molar refractivity (Wildman–Crippen MR) is 119 cm³/mol. The lowest BCUT2D eigenvalue weighted by atomic mass is 9.91. The van der Waals surface area contributed by atoms with Crippen molar-refractivity contribution in [1.82, 2.24) is 10.2 Å². The van der Waals surface area contributed by atoms with E-state index in [4.69, 9.17) is 16.0 Å². The van der Waals surface area contributed by atoms with E-state index in [1.165, 1.54) is 11.8 Å². The number of nitrogens with one attached hydrogen (secondary N) is 1. The first-order valence-corrected chi connectivity index (χ1v) is 10.7. The van der Waals surface area contributed by atoms with E-state index in [0.717, 1.165) is 11.1 Å². The van der Waals surface area contributed by atoms with Gasteiger partial charge in [-0.15, -0.1) is 10.2 Å². The first-order chi connectivity index (χ1) is 14.7. The summed E-state index contributed by atoms with van der Waals surface area (Å²) in [6, 6.07) is 27.0. The summed E-state index contributed by atoms with van der Waals surface area (Å²) in [5, 5.41) is 12.2. The van der Waals surface area contributed by atoms with Gasteiger partial charge < -0.3 is 9.73 Å². The SMILES string of the molecule is O=C(CSc1nnc(C(c2ccccc2)c2ccccc2)o1)Nc1ccc(Cl)cc1. The van der Waals surface area contributed by atoms with Crippen LogP contribution in [0.1, 0.15) is 22.9 Å². The largest absolute Gasteiger partial charge is 0.415 e. The minimum Gasteiger partial charge on any atom is -0.415 e. The van der Waals surface area contributed by atoms with Gasteiger partial charge in [0.2, 0.25) is 11.8 Å². The van der Waals surface area contributed by atoms with Gasteiger partial charge in [0, 0.05) is 10.7 Å². The van der Waals surface area contributed by atoms with Crippen molar-refractivity contribution in [3.63, 3.8) is 0 Å². The maximum atomic E-state index is 12.2. The summed E-state index contributed by atoms with van der Waals surface area (Å²) >= 11 is 7.06. The molecule has 0 atom stereocenters. The molecule has 0 bridgehead atoms. The molecular formula is C23H18ClN3O2S. The van der Waals surface area contributed by atoms with Gasteiger partial charge in [-0.05, 0) is 35.4 Å². The standard InChI is InChI=1S/C23H18ClN3O2S/c24-18-11-13-19(14-12-18)25-20(28)15-30-23-27-26-22(29-23)21(16-7-3-1-4-8-16)17-9-5-2-6-10-17/h1-14,21H,15H2,(H,25,28). The normalized spacial score (nSPS) is 10.9. The number of anilines is 1. The zero-order valence-electron chi connectivity index (χ0n) is 15.9. The number of thioether (sulfide) groups is 1. The predicted octanol–water partition coefficient (Wildman–Crippen LogP) is 5.63. The Kier molecular flexibility index (Phi) is 6.47. The molecule has 3 aromatic carbocycles. The molecule has 5 nitrogen and oxygen atoms in total. The van der Waals surface area contributed by atoms with Crippen molar-refractivity contribution in [1.29, 1.82) is 0 Å². The minimum absolute atomic E-state index is 0.158. The smallest absolute Gasteiger partial charge is 0.277 e. The van der Waals surface area contributed by atoms with Crippen molar-refractivity contribution in [3.05, 3.63) is 107 Å². The number of amides is 1. The molecule has 4 rings (SSSR count). The Bertz CT molecular complexity index is 1060. The van der Waals surface area contributed by atoms with Gasteiger partial charge in [-0.2, -0.15) is 0 Å². The summed E-state index contributed by atoms with van der Waals surface area (Å²) in [6.45, 7) is 0. The lowest BCUT2D eigenvalue weighted by Crippen LogP contribution is -2.13.